The Labute approximate surface area is 211 Å². The van der Waals surface area contributed by atoms with Crippen LogP contribution < -0.4 is 10.1 Å². The molecule has 0 aliphatic heterocycles. The second-order valence-corrected chi connectivity index (χ2v) is 10.6. The molecule has 0 unspecified atom stereocenters. The first-order valence-electron chi connectivity index (χ1n) is 11.5. The maximum absolute atomic E-state index is 13.5. The van der Waals surface area contributed by atoms with Gasteiger partial charge in [0.15, 0.2) is 0 Å². The van der Waals surface area contributed by atoms with Crippen molar-refractivity contribution in [2.75, 3.05) is 26.1 Å². The maximum Gasteiger partial charge on any atom is 0.243 e. The lowest BCUT2D eigenvalue weighted by atomic mass is 10.1. The van der Waals surface area contributed by atoms with E-state index in [1.165, 1.54) is 4.31 Å². The molecular weight excluding hydrogens is 476 g/mol. The fourth-order valence-electron chi connectivity index (χ4n) is 3.93. The van der Waals surface area contributed by atoms with Crippen LogP contribution in [0.4, 0.5) is 5.69 Å². The van der Waals surface area contributed by atoms with Crippen LogP contribution in [0, 0.1) is 0 Å². The number of sulfonamides is 1. The van der Waals surface area contributed by atoms with E-state index in [1.807, 2.05) is 55.7 Å². The Morgan fingerprint density at radius 3 is 2.42 bits per heavy atom. The molecule has 0 bridgehead atoms. The third-order valence-corrected chi connectivity index (χ3v) is 7.76. The molecule has 0 amide bonds. The number of aliphatic hydroxyl groups excluding tert-OH is 1. The molecule has 3 aromatic carbocycles. The van der Waals surface area contributed by atoms with E-state index in [0.717, 1.165) is 11.1 Å². The van der Waals surface area contributed by atoms with Gasteiger partial charge in [0, 0.05) is 38.1 Å². The van der Waals surface area contributed by atoms with E-state index in [0.29, 0.717) is 22.7 Å². The normalized spacial score (nSPS) is 12.5. The highest BCUT2D eigenvalue weighted by Crippen LogP contribution is 2.33. The Hall–Kier alpha value is -3.66. The first-order chi connectivity index (χ1) is 17.3. The Balaban J connectivity index is 1.67. The first-order valence-corrected chi connectivity index (χ1v) is 12.9. The van der Waals surface area contributed by atoms with Crippen molar-refractivity contribution in [3.63, 3.8) is 0 Å². The monoisotopic (exact) mass is 506 g/mol. The lowest BCUT2D eigenvalue weighted by Gasteiger charge is -2.22. The summed E-state index contributed by atoms with van der Waals surface area (Å²) >= 11 is 0. The van der Waals surface area contributed by atoms with Gasteiger partial charge in [-0.05, 0) is 41.5 Å². The van der Waals surface area contributed by atoms with Crippen LogP contribution >= 0.6 is 0 Å². The number of nitrogens with one attached hydrogen (secondary N) is 1. The first kappa shape index (κ1) is 25.4. The van der Waals surface area contributed by atoms with E-state index in [2.05, 4.69) is 10.3 Å². The van der Waals surface area contributed by atoms with Crippen molar-refractivity contribution in [3.8, 4) is 17.0 Å². The van der Waals surface area contributed by atoms with Crippen molar-refractivity contribution in [1.82, 2.24) is 13.9 Å². The largest absolute Gasteiger partial charge is 0.497 e. The number of methoxy groups -OCH3 is 1. The summed E-state index contributed by atoms with van der Waals surface area (Å²) in [6, 6.07) is 21.5. The topological polar surface area (TPSA) is 96.7 Å². The SMILES string of the molecule is COc1ccc(CN(C)S(=O)(=O)c2ccc(N[C@H](CO)c3ccccc3)c(-c3cn(C)cn3)c2)cc1. The summed E-state index contributed by atoms with van der Waals surface area (Å²) in [5.74, 6) is 0.712. The quantitative estimate of drug-likeness (QED) is 0.337. The molecule has 9 heteroatoms. The third kappa shape index (κ3) is 5.59. The fourth-order valence-corrected chi connectivity index (χ4v) is 5.12. The second-order valence-electron chi connectivity index (χ2n) is 8.53. The van der Waals surface area contributed by atoms with Crippen LogP contribution in [-0.2, 0) is 23.6 Å². The Morgan fingerprint density at radius 2 is 1.81 bits per heavy atom. The lowest BCUT2D eigenvalue weighted by Crippen LogP contribution is -2.26. The molecule has 188 valence electrons. The number of imidazole rings is 1. The van der Waals surface area contributed by atoms with Gasteiger partial charge in [0.05, 0.1) is 36.7 Å². The fraction of sp³-hybridized carbons (Fsp3) is 0.222. The van der Waals surface area contributed by atoms with Gasteiger partial charge in [0.25, 0.3) is 0 Å². The van der Waals surface area contributed by atoms with Crippen molar-refractivity contribution >= 4 is 15.7 Å². The smallest absolute Gasteiger partial charge is 0.243 e. The molecule has 2 N–H and O–H groups in total. The standard InChI is InChI=1S/C27H30N4O4S/c1-30-17-26(28-19-30)24-15-23(13-14-25(24)29-27(18-32)21-7-5-4-6-8-21)36(33,34)31(2)16-20-9-11-22(35-3)12-10-20/h4-15,17,19,27,29,32H,16,18H2,1-3H3/t27-/m1/s1. The molecule has 0 saturated carbocycles. The molecule has 0 saturated heterocycles. The van der Waals surface area contributed by atoms with E-state index in [4.69, 9.17) is 4.74 Å². The second kappa shape index (κ2) is 10.9. The molecule has 0 spiro atoms. The number of benzene rings is 3. The number of aliphatic hydroxyl groups is 1. The minimum atomic E-state index is -3.79. The van der Waals surface area contributed by atoms with Crippen molar-refractivity contribution in [1.29, 1.82) is 0 Å². The molecule has 4 rings (SSSR count). The van der Waals surface area contributed by atoms with E-state index < -0.39 is 10.0 Å². The van der Waals surface area contributed by atoms with E-state index in [1.54, 1.807) is 55.4 Å². The average Bonchev–Trinajstić information content (AvgIpc) is 3.34. The number of anilines is 1. The minimum Gasteiger partial charge on any atom is -0.497 e. The van der Waals surface area contributed by atoms with Crippen molar-refractivity contribution in [2.24, 2.45) is 7.05 Å². The molecule has 8 nitrogen and oxygen atoms in total. The molecule has 0 fully saturated rings. The molecular formula is C27H30N4O4S. The zero-order chi connectivity index (χ0) is 25.7. The summed E-state index contributed by atoms with van der Waals surface area (Å²) in [6.45, 7) is 0.0855. The van der Waals surface area contributed by atoms with Gasteiger partial charge < -0.3 is 19.7 Å². The summed E-state index contributed by atoms with van der Waals surface area (Å²) < 4.78 is 35.3. The Morgan fingerprint density at radius 1 is 1.08 bits per heavy atom. The number of ether oxygens (including phenoxy) is 1. The van der Waals surface area contributed by atoms with Gasteiger partial charge in [-0.25, -0.2) is 13.4 Å². The zero-order valence-electron chi connectivity index (χ0n) is 20.5. The molecule has 36 heavy (non-hydrogen) atoms. The number of hydrogen-bond acceptors (Lipinski definition) is 6. The van der Waals surface area contributed by atoms with Gasteiger partial charge in [0.2, 0.25) is 10.0 Å². The molecule has 1 heterocycles. The highest BCUT2D eigenvalue weighted by atomic mass is 32.2. The van der Waals surface area contributed by atoms with Crippen molar-refractivity contribution < 1.29 is 18.3 Å². The van der Waals surface area contributed by atoms with Crippen molar-refractivity contribution in [3.05, 3.63) is 96.4 Å². The minimum absolute atomic E-state index is 0.129. The van der Waals surface area contributed by atoms with E-state index in [9.17, 15) is 13.5 Å². The van der Waals surface area contributed by atoms with E-state index in [-0.39, 0.29) is 24.1 Å². The maximum atomic E-state index is 13.5. The van der Waals surface area contributed by atoms with Crippen LogP contribution in [0.3, 0.4) is 0 Å². The summed E-state index contributed by atoms with van der Waals surface area (Å²) in [4.78, 5) is 4.60. The predicted octanol–water partition coefficient (Wildman–Crippen LogP) is 4.06. The number of rotatable bonds is 10. The third-order valence-electron chi connectivity index (χ3n) is 5.96. The average molecular weight is 507 g/mol. The number of nitrogens with zero attached hydrogens (tertiary/aromatic N) is 3. The van der Waals surface area contributed by atoms with Crippen LogP contribution in [0.1, 0.15) is 17.2 Å². The molecule has 0 aliphatic rings. The van der Waals surface area contributed by atoms with Crippen LogP contribution in [0.25, 0.3) is 11.3 Å². The van der Waals surface area contributed by atoms with E-state index >= 15 is 0 Å². The van der Waals surface area contributed by atoms with Gasteiger partial charge in [-0.1, -0.05) is 42.5 Å². The summed E-state index contributed by atoms with van der Waals surface area (Å²) in [5.41, 5.74) is 3.69. The summed E-state index contributed by atoms with van der Waals surface area (Å²) in [6.07, 6.45) is 3.49. The van der Waals surface area contributed by atoms with Crippen LogP contribution in [0.15, 0.2) is 90.2 Å². The van der Waals surface area contributed by atoms with Crippen LogP contribution in [0.2, 0.25) is 0 Å². The van der Waals surface area contributed by atoms with Crippen LogP contribution in [0.5, 0.6) is 5.75 Å². The Bertz CT molecular complexity index is 1400. The Kier molecular flexibility index (Phi) is 7.73. The number of aryl methyl sites for hydroxylation is 1. The van der Waals surface area contributed by atoms with Crippen LogP contribution in [-0.4, -0.2) is 48.1 Å². The molecule has 0 aliphatic carbocycles. The zero-order valence-corrected chi connectivity index (χ0v) is 21.3. The van der Waals surface area contributed by atoms with Gasteiger partial charge in [-0.15, -0.1) is 0 Å². The van der Waals surface area contributed by atoms with Gasteiger partial charge in [-0.3, -0.25) is 0 Å². The molecule has 1 atom stereocenters. The highest BCUT2D eigenvalue weighted by molar-refractivity contribution is 7.89. The lowest BCUT2D eigenvalue weighted by molar-refractivity contribution is 0.276. The molecule has 1 aromatic heterocycles. The van der Waals surface area contributed by atoms with Gasteiger partial charge >= 0.3 is 0 Å². The van der Waals surface area contributed by atoms with Gasteiger partial charge in [0.1, 0.15) is 5.75 Å². The predicted molar refractivity (Wildman–Crippen MR) is 140 cm³/mol. The molecule has 0 radical (unpaired) electrons. The summed E-state index contributed by atoms with van der Waals surface area (Å²) in [7, 11) is 1.21. The van der Waals surface area contributed by atoms with Gasteiger partial charge in [-0.2, -0.15) is 4.31 Å². The number of hydrogen-bond donors (Lipinski definition) is 2. The number of aromatic nitrogens is 2. The van der Waals surface area contributed by atoms with Crippen molar-refractivity contribution in [2.45, 2.75) is 17.5 Å². The molecule has 4 aromatic rings. The highest BCUT2D eigenvalue weighted by Gasteiger charge is 2.24. The summed E-state index contributed by atoms with van der Waals surface area (Å²) in [5, 5.41) is 13.4.